The molecule has 0 spiro atoms. The molecule has 0 aliphatic rings. The highest BCUT2D eigenvalue weighted by Crippen LogP contribution is 2.20. The minimum atomic E-state index is 0.472. The molecule has 90 valence electrons. The Labute approximate surface area is 101 Å². The smallest absolute Gasteiger partial charge is 0.122 e. The van der Waals surface area contributed by atoms with E-state index >= 15 is 0 Å². The maximum Gasteiger partial charge on any atom is 0.122 e. The molecule has 0 unspecified atom stereocenters. The molecule has 1 aromatic carbocycles. The van der Waals surface area contributed by atoms with Crippen molar-refractivity contribution in [2.24, 2.45) is 12.8 Å². The zero-order valence-corrected chi connectivity index (χ0v) is 10.2. The molecule has 4 nitrogen and oxygen atoms in total. The summed E-state index contributed by atoms with van der Waals surface area (Å²) in [5.41, 5.74) is 7.63. The van der Waals surface area contributed by atoms with Gasteiger partial charge in [-0.05, 0) is 6.07 Å². The second-order valence-electron chi connectivity index (χ2n) is 3.95. The standard InChI is InChI=1S/C13H17N3O/c1-16-9-11(8-14)15-13(16)7-10-5-3-4-6-12(10)17-2/h3-6,9H,7-8,14H2,1-2H3. The maximum absolute atomic E-state index is 5.58. The van der Waals surface area contributed by atoms with Crippen LogP contribution in [0, 0.1) is 0 Å². The average molecular weight is 231 g/mol. The Bertz CT molecular complexity index is 505. The van der Waals surface area contributed by atoms with Gasteiger partial charge in [-0.1, -0.05) is 18.2 Å². The average Bonchev–Trinajstić information content (AvgIpc) is 2.71. The Hall–Kier alpha value is -1.81. The molecule has 0 aliphatic carbocycles. The summed E-state index contributed by atoms with van der Waals surface area (Å²) in [5.74, 6) is 1.89. The van der Waals surface area contributed by atoms with Crippen LogP contribution >= 0.6 is 0 Å². The van der Waals surface area contributed by atoms with Crippen LogP contribution in [0.1, 0.15) is 17.1 Å². The number of nitrogens with zero attached hydrogens (tertiary/aromatic N) is 2. The van der Waals surface area contributed by atoms with Gasteiger partial charge in [-0.15, -0.1) is 0 Å². The summed E-state index contributed by atoms with van der Waals surface area (Å²) in [4.78, 5) is 4.48. The molecule has 0 radical (unpaired) electrons. The number of rotatable bonds is 4. The van der Waals surface area contributed by atoms with Gasteiger partial charge in [0, 0.05) is 31.8 Å². The molecule has 0 aliphatic heterocycles. The van der Waals surface area contributed by atoms with E-state index in [-0.39, 0.29) is 0 Å². The number of methoxy groups -OCH3 is 1. The monoisotopic (exact) mass is 231 g/mol. The van der Waals surface area contributed by atoms with Gasteiger partial charge in [0.1, 0.15) is 11.6 Å². The predicted molar refractivity (Wildman–Crippen MR) is 66.9 cm³/mol. The van der Waals surface area contributed by atoms with Crippen molar-refractivity contribution in [3.63, 3.8) is 0 Å². The lowest BCUT2D eigenvalue weighted by Gasteiger charge is -2.07. The number of nitrogens with two attached hydrogens (primary N) is 1. The molecule has 2 rings (SSSR count). The van der Waals surface area contributed by atoms with Gasteiger partial charge < -0.3 is 15.0 Å². The van der Waals surface area contributed by atoms with Crippen LogP contribution in [0.2, 0.25) is 0 Å². The number of hydrogen-bond donors (Lipinski definition) is 1. The van der Waals surface area contributed by atoms with E-state index in [1.165, 1.54) is 0 Å². The van der Waals surface area contributed by atoms with E-state index in [1.54, 1.807) is 7.11 Å². The summed E-state index contributed by atoms with van der Waals surface area (Å²) in [6.45, 7) is 0.472. The molecular weight excluding hydrogens is 214 g/mol. The lowest BCUT2D eigenvalue weighted by molar-refractivity contribution is 0.410. The quantitative estimate of drug-likeness (QED) is 0.867. The lowest BCUT2D eigenvalue weighted by atomic mass is 10.1. The van der Waals surface area contributed by atoms with Gasteiger partial charge >= 0.3 is 0 Å². The van der Waals surface area contributed by atoms with Crippen molar-refractivity contribution in [1.82, 2.24) is 9.55 Å². The molecule has 17 heavy (non-hydrogen) atoms. The third-order valence-corrected chi connectivity index (χ3v) is 2.77. The molecule has 0 saturated carbocycles. The molecular formula is C13H17N3O. The van der Waals surface area contributed by atoms with Crippen molar-refractivity contribution >= 4 is 0 Å². The summed E-state index contributed by atoms with van der Waals surface area (Å²) < 4.78 is 7.34. The molecule has 2 N–H and O–H groups in total. The Kier molecular flexibility index (Phi) is 3.44. The zero-order valence-electron chi connectivity index (χ0n) is 10.2. The van der Waals surface area contributed by atoms with Crippen molar-refractivity contribution in [3.8, 4) is 5.75 Å². The van der Waals surface area contributed by atoms with Crippen LogP contribution in [0.25, 0.3) is 0 Å². The number of benzene rings is 1. The topological polar surface area (TPSA) is 53.1 Å². The van der Waals surface area contributed by atoms with E-state index in [1.807, 2.05) is 36.0 Å². The van der Waals surface area contributed by atoms with Crippen LogP contribution in [0.15, 0.2) is 30.5 Å². The third kappa shape index (κ3) is 2.47. The van der Waals surface area contributed by atoms with Crippen LogP contribution in [-0.2, 0) is 20.0 Å². The molecule has 1 heterocycles. The fourth-order valence-corrected chi connectivity index (χ4v) is 1.85. The molecule has 4 heteroatoms. The molecule has 0 bridgehead atoms. The van der Waals surface area contributed by atoms with Crippen molar-refractivity contribution in [2.75, 3.05) is 7.11 Å². The van der Waals surface area contributed by atoms with E-state index in [0.29, 0.717) is 6.54 Å². The number of aryl methyl sites for hydroxylation is 1. The summed E-state index contributed by atoms with van der Waals surface area (Å²) in [7, 11) is 3.67. The highest BCUT2D eigenvalue weighted by atomic mass is 16.5. The van der Waals surface area contributed by atoms with Gasteiger partial charge in [0.25, 0.3) is 0 Å². The largest absolute Gasteiger partial charge is 0.496 e. The Balaban J connectivity index is 2.27. The van der Waals surface area contributed by atoms with Gasteiger partial charge in [-0.3, -0.25) is 0 Å². The summed E-state index contributed by atoms with van der Waals surface area (Å²) >= 11 is 0. The lowest BCUT2D eigenvalue weighted by Crippen LogP contribution is -2.00. The second kappa shape index (κ2) is 5.01. The third-order valence-electron chi connectivity index (χ3n) is 2.77. The van der Waals surface area contributed by atoms with Crippen molar-refractivity contribution in [1.29, 1.82) is 0 Å². The van der Waals surface area contributed by atoms with Crippen molar-refractivity contribution in [2.45, 2.75) is 13.0 Å². The normalized spacial score (nSPS) is 10.5. The number of imidazole rings is 1. The van der Waals surface area contributed by atoms with Gasteiger partial charge in [-0.25, -0.2) is 4.98 Å². The van der Waals surface area contributed by atoms with Gasteiger partial charge in [0.05, 0.1) is 12.8 Å². The molecule has 1 aromatic heterocycles. The van der Waals surface area contributed by atoms with Gasteiger partial charge in [-0.2, -0.15) is 0 Å². The summed E-state index contributed by atoms with van der Waals surface area (Å²) in [6, 6.07) is 7.98. The number of ether oxygens (including phenoxy) is 1. The van der Waals surface area contributed by atoms with Crippen molar-refractivity contribution in [3.05, 3.63) is 47.5 Å². The maximum atomic E-state index is 5.58. The molecule has 0 saturated heterocycles. The van der Waals surface area contributed by atoms with Crippen LogP contribution in [-0.4, -0.2) is 16.7 Å². The SMILES string of the molecule is COc1ccccc1Cc1nc(CN)cn1C. The number of aromatic nitrogens is 2. The van der Waals surface area contributed by atoms with Crippen LogP contribution < -0.4 is 10.5 Å². The summed E-state index contributed by atoms with van der Waals surface area (Å²) in [6.07, 6.45) is 2.71. The first-order valence-electron chi connectivity index (χ1n) is 5.57. The first-order chi connectivity index (χ1) is 8.24. The van der Waals surface area contributed by atoms with Gasteiger partial charge in [0.15, 0.2) is 0 Å². The van der Waals surface area contributed by atoms with Crippen LogP contribution in [0.5, 0.6) is 5.75 Å². The van der Waals surface area contributed by atoms with E-state index in [4.69, 9.17) is 10.5 Å². The predicted octanol–water partition coefficient (Wildman–Crippen LogP) is 1.48. The second-order valence-corrected chi connectivity index (χ2v) is 3.95. The Morgan fingerprint density at radius 3 is 2.76 bits per heavy atom. The van der Waals surface area contributed by atoms with E-state index < -0.39 is 0 Å². The molecule has 0 fully saturated rings. The highest BCUT2D eigenvalue weighted by Gasteiger charge is 2.08. The molecule has 0 atom stereocenters. The highest BCUT2D eigenvalue weighted by molar-refractivity contribution is 5.35. The van der Waals surface area contributed by atoms with Gasteiger partial charge in [0.2, 0.25) is 0 Å². The molecule has 0 amide bonds. The van der Waals surface area contributed by atoms with Crippen LogP contribution in [0.4, 0.5) is 0 Å². The van der Waals surface area contributed by atoms with Crippen molar-refractivity contribution < 1.29 is 4.74 Å². The molecule has 2 aromatic rings. The summed E-state index contributed by atoms with van der Waals surface area (Å²) in [5, 5.41) is 0. The Morgan fingerprint density at radius 1 is 1.35 bits per heavy atom. The minimum absolute atomic E-state index is 0.472. The first kappa shape index (κ1) is 11.7. The number of para-hydroxylation sites is 1. The fourth-order valence-electron chi connectivity index (χ4n) is 1.85. The fraction of sp³-hybridized carbons (Fsp3) is 0.308. The minimum Gasteiger partial charge on any atom is -0.496 e. The van der Waals surface area contributed by atoms with E-state index in [9.17, 15) is 0 Å². The van der Waals surface area contributed by atoms with Crippen LogP contribution in [0.3, 0.4) is 0 Å². The van der Waals surface area contributed by atoms with E-state index in [0.717, 1.165) is 29.3 Å². The Morgan fingerprint density at radius 2 is 2.12 bits per heavy atom. The zero-order chi connectivity index (χ0) is 12.3. The first-order valence-corrected chi connectivity index (χ1v) is 5.57. The van der Waals surface area contributed by atoms with E-state index in [2.05, 4.69) is 11.1 Å². The number of hydrogen-bond acceptors (Lipinski definition) is 3.